The standard InChI is InChI=1S/C23H26ClN5O5S2.C23H25ClN4O7S2.C23H25ClN4O6S2/c1-23(25,14-3-2-4-16(24)6-14)15-7-20(35-11-15)21(31)18-9-27-12-28-22(18)29-17-5-13(19(30)8-17)10-34-36(26,32)33;24-14-3-1-2-12(4-14)21(31)16-7-19(36-20(16)9-29)22(32)17-8-26-11-27-23(17)28-15-5-13(18(30)6-15)10-35-37(25,33)34;1-12-17(21(30)13-3-2-4-15(24)5-13)8-20(35-12)22(31)18-9-26-11-27-23(18)28-16-6-14(19(29)7-16)10-34-36(25,32)33/h2-4,6-7,9,11-13,17,19,30H,5,8,10,25H2,1H3,(H2,26,32,33)(H,27,28,29);1-4,7-8,11,13,15,18,21,29-31H,5-6,9-10H2,(H2,25,33,34)(H,26,27,28);2-5,8-9,11,14,16,19,21,29-30H,6-7,10H2,1H3,(H2,25,32,33)(H,26,27,28)/t13-,17-,19+,23?;13-,15-,18+,21?;14-,16-,19+,21?/m111/s1. The van der Waals surface area contributed by atoms with E-state index in [-0.39, 0.29) is 89.9 Å². The van der Waals surface area contributed by atoms with E-state index >= 15 is 0 Å². The van der Waals surface area contributed by atoms with E-state index in [1.54, 1.807) is 72.8 Å². The van der Waals surface area contributed by atoms with E-state index in [0.29, 0.717) is 95.7 Å². The van der Waals surface area contributed by atoms with Crippen molar-refractivity contribution in [3.63, 3.8) is 0 Å². The van der Waals surface area contributed by atoms with Crippen molar-refractivity contribution < 1.29 is 82.8 Å². The molecule has 0 saturated heterocycles. The zero-order valence-electron chi connectivity index (χ0n) is 57.8. The largest absolute Gasteiger partial charge is 0.393 e. The number of anilines is 3. The first-order chi connectivity index (χ1) is 51.5. The van der Waals surface area contributed by atoms with Crippen LogP contribution in [0.25, 0.3) is 0 Å². The van der Waals surface area contributed by atoms with Crippen LogP contribution in [0.4, 0.5) is 17.5 Å². The third-order valence-corrected chi connectivity index (χ3v) is 23.6. The van der Waals surface area contributed by atoms with E-state index in [1.807, 2.05) is 31.4 Å². The number of nitrogens with two attached hydrogens (primary N) is 4. The highest BCUT2D eigenvalue weighted by molar-refractivity contribution is 7.84. The Morgan fingerprint density at radius 3 is 1.31 bits per heavy atom. The number of ketones is 3. The summed E-state index contributed by atoms with van der Waals surface area (Å²) in [4.78, 5) is 67.2. The molecule has 6 heterocycles. The highest BCUT2D eigenvalue weighted by Crippen LogP contribution is 2.40. The molecule has 3 aliphatic rings. The third kappa shape index (κ3) is 22.5. The van der Waals surface area contributed by atoms with Gasteiger partial charge in [-0.05, 0) is 140 Å². The molecule has 3 fully saturated rings. The van der Waals surface area contributed by atoms with E-state index < -0.39 is 90.5 Å². The second-order valence-electron chi connectivity index (χ2n) is 26.2. The lowest BCUT2D eigenvalue weighted by atomic mass is 9.87. The molecule has 31 nitrogen and oxygen atoms in total. The van der Waals surface area contributed by atoms with Gasteiger partial charge in [-0.1, -0.05) is 71.2 Å². The molecule has 0 spiro atoms. The molecule has 3 saturated carbocycles. The molecule has 40 heteroatoms. The number of hydrogen-bond donors (Lipinski definition) is 13. The van der Waals surface area contributed by atoms with Crippen LogP contribution in [0.3, 0.4) is 0 Å². The molecule has 109 heavy (non-hydrogen) atoms. The number of thiophene rings is 3. The molecule has 3 unspecified atom stereocenters. The van der Waals surface area contributed by atoms with Gasteiger partial charge in [-0.3, -0.25) is 26.9 Å². The smallest absolute Gasteiger partial charge is 0.333 e. The first-order valence-corrected chi connectivity index (χ1v) is 41.3. The molecular weight excluding hydrogens is 1600 g/mol. The van der Waals surface area contributed by atoms with Crippen LogP contribution in [-0.2, 0) is 55.6 Å². The van der Waals surface area contributed by atoms with Crippen LogP contribution in [0.15, 0.2) is 134 Å². The first kappa shape index (κ1) is 84.1. The van der Waals surface area contributed by atoms with Crippen LogP contribution in [0.2, 0.25) is 15.1 Å². The van der Waals surface area contributed by atoms with E-state index in [2.05, 4.69) is 58.4 Å². The lowest BCUT2D eigenvalue weighted by molar-refractivity contribution is 0.100. The summed E-state index contributed by atoms with van der Waals surface area (Å²) in [5, 5.41) is 90.0. The zero-order valence-corrected chi connectivity index (χ0v) is 64.9. The number of hydrogen-bond acceptors (Lipinski definition) is 31. The Kier molecular flexibility index (Phi) is 28.1. The van der Waals surface area contributed by atoms with Crippen molar-refractivity contribution in [2.75, 3.05) is 35.8 Å². The molecule has 9 aromatic rings. The van der Waals surface area contributed by atoms with Gasteiger partial charge in [0.15, 0.2) is 0 Å². The maximum Gasteiger partial charge on any atom is 0.333 e. The molecule has 0 aliphatic heterocycles. The molecular formula is C69H76Cl3N13O18S6. The first-order valence-electron chi connectivity index (χ1n) is 33.2. The quantitative estimate of drug-likeness (QED) is 0.0225. The van der Waals surface area contributed by atoms with Gasteiger partial charge in [0.2, 0.25) is 17.3 Å². The Bertz CT molecular complexity index is 5100. The summed E-state index contributed by atoms with van der Waals surface area (Å²) >= 11 is 21.8. The van der Waals surface area contributed by atoms with Crippen LogP contribution in [0.5, 0.6) is 0 Å². The summed E-state index contributed by atoms with van der Waals surface area (Å²) in [5.41, 5.74) is 10.1. The van der Waals surface area contributed by atoms with Gasteiger partial charge in [0.05, 0.1) is 81.6 Å². The van der Waals surface area contributed by atoms with Crippen molar-refractivity contribution in [2.24, 2.45) is 38.9 Å². The molecule has 17 N–H and O–H groups in total. The maximum atomic E-state index is 13.4. The Balaban J connectivity index is 0.000000174. The van der Waals surface area contributed by atoms with Gasteiger partial charge in [-0.25, -0.2) is 45.3 Å². The summed E-state index contributed by atoms with van der Waals surface area (Å²) in [7, 11) is -12.3. The minimum absolute atomic E-state index is 0.163. The van der Waals surface area contributed by atoms with Gasteiger partial charge >= 0.3 is 30.9 Å². The zero-order chi connectivity index (χ0) is 78.9. The summed E-state index contributed by atoms with van der Waals surface area (Å²) in [5.74, 6) is -1.51. The second-order valence-corrected chi connectivity index (χ2v) is 34.5. The SMILES string of the molecule is CC(N)(c1cccc(Cl)c1)c1csc(C(=O)c2cncnc2N[C@@H]2C[C@H](COS(N)(=O)=O)[C@@H](O)C2)c1.Cc1sc(C(=O)c2cncnc2N[C@@H]2C[C@H](COS(N)(=O)=O)[C@@H](O)C2)cc1C(O)c1cccc(Cl)c1.NS(=O)(=O)OC[C@H]1C[C@@H](Nc2ncncc2C(=O)c2cc(C(O)c3cccc(Cl)c3)c(CO)s2)C[C@@H]1O. The second kappa shape index (κ2) is 36.4. The number of carbonyl (C=O) groups is 3. The normalized spacial score (nSPS) is 21.1. The number of nitrogens with one attached hydrogen (secondary N) is 3. The topological polar surface area (TPSA) is 520 Å². The number of carbonyl (C=O) groups excluding carboxylic acids is 3. The predicted octanol–water partition coefficient (Wildman–Crippen LogP) is 6.77. The predicted molar refractivity (Wildman–Crippen MR) is 409 cm³/mol. The number of rotatable bonds is 28. The number of nitrogens with zero attached hydrogens (tertiary/aromatic N) is 6. The fourth-order valence-corrected chi connectivity index (χ4v) is 17.4. The summed E-state index contributed by atoms with van der Waals surface area (Å²) in [6.45, 7) is 2.59. The number of benzene rings is 3. The van der Waals surface area contributed by atoms with E-state index in [0.717, 1.165) is 27.3 Å². The monoisotopic (exact) mass is 1670 g/mol. The van der Waals surface area contributed by atoms with E-state index in [9.17, 15) is 70.3 Å². The van der Waals surface area contributed by atoms with Gasteiger partial charge in [-0.15, -0.1) is 34.0 Å². The Morgan fingerprint density at radius 2 is 0.917 bits per heavy atom. The number of halogens is 3. The number of aliphatic hydroxyl groups excluding tert-OH is 6. The summed E-state index contributed by atoms with van der Waals surface area (Å²) in [6, 6.07) is 24.9. The number of aryl methyl sites for hydroxylation is 1. The highest BCUT2D eigenvalue weighted by Gasteiger charge is 2.39. The average Bonchev–Trinajstić information content (AvgIpc) is 1.69. The van der Waals surface area contributed by atoms with Gasteiger partial charge < -0.3 is 52.3 Å². The van der Waals surface area contributed by atoms with Gasteiger partial charge in [0.25, 0.3) is 0 Å². The Labute approximate surface area is 653 Å². The third-order valence-electron chi connectivity index (χ3n) is 18.4. The molecule has 3 aliphatic carbocycles. The Hall–Kier alpha value is -7.39. The summed E-state index contributed by atoms with van der Waals surface area (Å²) < 4.78 is 80.3. The van der Waals surface area contributed by atoms with E-state index in [1.165, 1.54) is 66.3 Å². The molecule has 3 aromatic carbocycles. The molecule has 0 bridgehead atoms. The summed E-state index contributed by atoms with van der Waals surface area (Å²) in [6.07, 6.45) is 5.70. The molecule has 12 rings (SSSR count). The fourth-order valence-electron chi connectivity index (χ4n) is 12.8. The van der Waals surface area contributed by atoms with Crippen molar-refractivity contribution in [1.29, 1.82) is 0 Å². The van der Waals surface area contributed by atoms with Crippen LogP contribution < -0.4 is 37.1 Å². The van der Waals surface area contributed by atoms with Gasteiger partial charge in [0, 0.05) is 84.9 Å². The maximum absolute atomic E-state index is 13.4. The lowest BCUT2D eigenvalue weighted by Crippen LogP contribution is -2.33. The van der Waals surface area contributed by atoms with Crippen molar-refractivity contribution >= 4 is 135 Å². The molecule has 12 atom stereocenters. The van der Waals surface area contributed by atoms with Crippen molar-refractivity contribution in [3.8, 4) is 0 Å². The van der Waals surface area contributed by atoms with Gasteiger partial charge in [0.1, 0.15) is 48.6 Å². The van der Waals surface area contributed by atoms with E-state index in [4.69, 9.17) is 56.0 Å². The number of aliphatic hydroxyl groups is 6. The van der Waals surface area contributed by atoms with Gasteiger partial charge in [-0.2, -0.15) is 25.3 Å². The van der Waals surface area contributed by atoms with Crippen LogP contribution in [0.1, 0.15) is 146 Å². The van der Waals surface area contributed by atoms with Crippen molar-refractivity contribution in [3.05, 3.63) is 223 Å². The highest BCUT2D eigenvalue weighted by atomic mass is 35.5. The average molecular weight is 1670 g/mol. The lowest BCUT2D eigenvalue weighted by Gasteiger charge is -2.24. The van der Waals surface area contributed by atoms with Crippen LogP contribution >= 0.6 is 68.8 Å². The number of aromatic nitrogens is 6. The fraction of sp³-hybridized carbons (Fsp3) is 0.348. The van der Waals surface area contributed by atoms with Crippen LogP contribution in [-0.4, -0.2) is 159 Å². The minimum atomic E-state index is -4.13. The molecule has 6 aromatic heterocycles. The van der Waals surface area contributed by atoms with Crippen LogP contribution in [0, 0.1) is 24.7 Å². The Morgan fingerprint density at radius 1 is 0.541 bits per heavy atom. The molecule has 0 amide bonds. The molecule has 0 radical (unpaired) electrons. The minimum Gasteiger partial charge on any atom is -0.393 e. The van der Waals surface area contributed by atoms with Crippen molar-refractivity contribution in [2.45, 2.75) is 113 Å². The van der Waals surface area contributed by atoms with Crippen molar-refractivity contribution in [1.82, 2.24) is 29.9 Å². The molecule has 582 valence electrons.